The van der Waals surface area contributed by atoms with Crippen molar-refractivity contribution in [3.63, 3.8) is 0 Å². The Morgan fingerprint density at radius 2 is 1.83 bits per heavy atom. The zero-order valence-electron chi connectivity index (χ0n) is 17.4. The average Bonchev–Trinajstić information content (AvgIpc) is 3.22. The molecule has 0 saturated carbocycles. The molecule has 0 radical (unpaired) electrons. The van der Waals surface area contributed by atoms with Crippen LogP contribution >= 0.6 is 0 Å². The SMILES string of the molecule is CN=C(NCCC(=O)Nc1ccc(C)cn1)NCc1coc(-c2ccc(C)cc2)n1. The minimum absolute atomic E-state index is 0.117. The molecule has 3 rings (SSSR count). The fourth-order valence-corrected chi connectivity index (χ4v) is 2.65. The van der Waals surface area contributed by atoms with Crippen LogP contribution in [-0.4, -0.2) is 35.4 Å². The van der Waals surface area contributed by atoms with E-state index in [0.29, 0.717) is 30.8 Å². The van der Waals surface area contributed by atoms with E-state index in [0.717, 1.165) is 16.8 Å². The van der Waals surface area contributed by atoms with Crippen LogP contribution in [0.5, 0.6) is 0 Å². The van der Waals surface area contributed by atoms with Crippen LogP contribution in [-0.2, 0) is 11.3 Å². The number of carbonyl (C=O) groups excluding carboxylic acids is 1. The number of nitrogens with zero attached hydrogens (tertiary/aromatic N) is 3. The molecule has 8 nitrogen and oxygen atoms in total. The highest BCUT2D eigenvalue weighted by Gasteiger charge is 2.08. The molecule has 0 aliphatic rings. The molecule has 2 heterocycles. The summed E-state index contributed by atoms with van der Waals surface area (Å²) in [5, 5.41) is 9.04. The Hall–Kier alpha value is -3.68. The molecule has 1 amide bonds. The average molecular weight is 406 g/mol. The molecule has 0 bridgehead atoms. The highest BCUT2D eigenvalue weighted by Crippen LogP contribution is 2.18. The van der Waals surface area contributed by atoms with Gasteiger partial charge in [-0.15, -0.1) is 0 Å². The number of rotatable bonds is 7. The summed E-state index contributed by atoms with van der Waals surface area (Å²) in [7, 11) is 1.67. The van der Waals surface area contributed by atoms with Crippen molar-refractivity contribution in [3.8, 4) is 11.5 Å². The predicted octanol–water partition coefficient (Wildman–Crippen LogP) is 3.05. The summed E-state index contributed by atoms with van der Waals surface area (Å²) >= 11 is 0. The lowest BCUT2D eigenvalue weighted by molar-refractivity contribution is -0.116. The van der Waals surface area contributed by atoms with Gasteiger partial charge in [-0.3, -0.25) is 9.79 Å². The number of anilines is 1. The molecule has 8 heteroatoms. The van der Waals surface area contributed by atoms with Gasteiger partial charge in [-0.05, 0) is 37.6 Å². The summed E-state index contributed by atoms with van der Waals surface area (Å²) in [5.74, 6) is 1.59. The summed E-state index contributed by atoms with van der Waals surface area (Å²) in [6.07, 6.45) is 3.63. The van der Waals surface area contributed by atoms with E-state index in [1.54, 1.807) is 25.6 Å². The number of carbonyl (C=O) groups is 1. The molecule has 0 spiro atoms. The first-order valence-electron chi connectivity index (χ1n) is 9.72. The van der Waals surface area contributed by atoms with Crippen molar-refractivity contribution >= 4 is 17.7 Å². The summed E-state index contributed by atoms with van der Waals surface area (Å²) in [5.41, 5.74) is 3.92. The number of benzene rings is 1. The van der Waals surface area contributed by atoms with Gasteiger partial charge in [0.15, 0.2) is 5.96 Å². The van der Waals surface area contributed by atoms with Gasteiger partial charge in [0, 0.05) is 31.8 Å². The van der Waals surface area contributed by atoms with Gasteiger partial charge in [-0.1, -0.05) is 23.8 Å². The Labute approximate surface area is 175 Å². The molecule has 0 fully saturated rings. The van der Waals surface area contributed by atoms with Crippen molar-refractivity contribution in [2.75, 3.05) is 18.9 Å². The van der Waals surface area contributed by atoms with E-state index in [2.05, 4.69) is 30.9 Å². The Bertz CT molecular complexity index is 993. The minimum atomic E-state index is -0.117. The Balaban J connectivity index is 1.42. The summed E-state index contributed by atoms with van der Waals surface area (Å²) in [4.78, 5) is 24.9. The van der Waals surface area contributed by atoms with E-state index in [-0.39, 0.29) is 12.3 Å². The maximum atomic E-state index is 12.0. The van der Waals surface area contributed by atoms with Crippen LogP contribution in [0.4, 0.5) is 5.82 Å². The number of aliphatic imine (C=N–C) groups is 1. The normalized spacial score (nSPS) is 11.2. The fraction of sp³-hybridized carbons (Fsp3) is 0.273. The molecule has 156 valence electrons. The predicted molar refractivity (Wildman–Crippen MR) is 117 cm³/mol. The third kappa shape index (κ3) is 6.16. The Morgan fingerprint density at radius 3 is 2.53 bits per heavy atom. The van der Waals surface area contributed by atoms with E-state index in [1.807, 2.05) is 44.2 Å². The second-order valence-corrected chi connectivity index (χ2v) is 6.88. The molecular formula is C22H26N6O2. The van der Waals surface area contributed by atoms with Crippen molar-refractivity contribution in [2.24, 2.45) is 4.99 Å². The van der Waals surface area contributed by atoms with Gasteiger partial charge >= 0.3 is 0 Å². The van der Waals surface area contributed by atoms with Crippen LogP contribution in [0.25, 0.3) is 11.5 Å². The first-order chi connectivity index (χ1) is 14.5. The Morgan fingerprint density at radius 1 is 1.07 bits per heavy atom. The third-order valence-corrected chi connectivity index (χ3v) is 4.33. The highest BCUT2D eigenvalue weighted by atomic mass is 16.3. The maximum absolute atomic E-state index is 12.0. The van der Waals surface area contributed by atoms with Gasteiger partial charge in [-0.2, -0.15) is 0 Å². The summed E-state index contributed by atoms with van der Waals surface area (Å²) in [6.45, 7) is 4.87. The molecule has 0 aliphatic carbocycles. The number of oxazole rings is 1. The van der Waals surface area contributed by atoms with Crippen molar-refractivity contribution in [1.29, 1.82) is 0 Å². The lowest BCUT2D eigenvalue weighted by Crippen LogP contribution is -2.38. The maximum Gasteiger partial charge on any atom is 0.227 e. The molecule has 1 aromatic carbocycles. The lowest BCUT2D eigenvalue weighted by Gasteiger charge is -2.10. The van der Waals surface area contributed by atoms with E-state index in [9.17, 15) is 4.79 Å². The van der Waals surface area contributed by atoms with E-state index >= 15 is 0 Å². The van der Waals surface area contributed by atoms with Gasteiger partial charge in [0.25, 0.3) is 0 Å². The lowest BCUT2D eigenvalue weighted by atomic mass is 10.1. The molecule has 0 aliphatic heterocycles. The minimum Gasteiger partial charge on any atom is -0.444 e. The van der Waals surface area contributed by atoms with Crippen molar-refractivity contribution < 1.29 is 9.21 Å². The van der Waals surface area contributed by atoms with Crippen LogP contribution in [0.15, 0.2) is 58.3 Å². The van der Waals surface area contributed by atoms with Gasteiger partial charge in [0.1, 0.15) is 12.1 Å². The monoisotopic (exact) mass is 406 g/mol. The number of hydrogen-bond acceptors (Lipinski definition) is 5. The van der Waals surface area contributed by atoms with Gasteiger partial charge in [0.05, 0.1) is 12.2 Å². The molecule has 30 heavy (non-hydrogen) atoms. The van der Waals surface area contributed by atoms with Crippen molar-refractivity contribution in [3.05, 3.63) is 65.7 Å². The number of guanidine groups is 1. The molecule has 0 atom stereocenters. The van der Waals surface area contributed by atoms with Crippen LogP contribution in [0.3, 0.4) is 0 Å². The van der Waals surface area contributed by atoms with E-state index < -0.39 is 0 Å². The van der Waals surface area contributed by atoms with Crippen molar-refractivity contribution in [1.82, 2.24) is 20.6 Å². The molecule has 2 aromatic heterocycles. The molecule has 3 N–H and O–H groups in total. The summed E-state index contributed by atoms with van der Waals surface area (Å²) in [6, 6.07) is 11.7. The first-order valence-corrected chi connectivity index (χ1v) is 9.72. The van der Waals surface area contributed by atoms with Gasteiger partial charge < -0.3 is 20.4 Å². The van der Waals surface area contributed by atoms with Gasteiger partial charge in [-0.25, -0.2) is 9.97 Å². The largest absolute Gasteiger partial charge is 0.444 e. The van der Waals surface area contributed by atoms with Crippen LogP contribution in [0, 0.1) is 13.8 Å². The Kier molecular flexibility index (Phi) is 7.15. The smallest absolute Gasteiger partial charge is 0.227 e. The van der Waals surface area contributed by atoms with Crippen molar-refractivity contribution in [2.45, 2.75) is 26.8 Å². The van der Waals surface area contributed by atoms with Gasteiger partial charge in [0.2, 0.25) is 11.8 Å². The number of amides is 1. The second kappa shape index (κ2) is 10.2. The third-order valence-electron chi connectivity index (χ3n) is 4.33. The summed E-state index contributed by atoms with van der Waals surface area (Å²) < 4.78 is 5.56. The highest BCUT2D eigenvalue weighted by molar-refractivity contribution is 5.90. The molecular weight excluding hydrogens is 380 g/mol. The van der Waals surface area contributed by atoms with Crippen LogP contribution in [0.1, 0.15) is 23.2 Å². The van der Waals surface area contributed by atoms with E-state index in [1.165, 1.54) is 5.56 Å². The molecule has 0 saturated heterocycles. The second-order valence-electron chi connectivity index (χ2n) is 6.88. The molecule has 3 aromatic rings. The fourth-order valence-electron chi connectivity index (χ4n) is 2.65. The molecule has 0 unspecified atom stereocenters. The van der Waals surface area contributed by atoms with Crippen LogP contribution < -0.4 is 16.0 Å². The quantitative estimate of drug-likeness (QED) is 0.411. The number of pyridine rings is 1. The first kappa shape index (κ1) is 21.0. The topological polar surface area (TPSA) is 104 Å². The van der Waals surface area contributed by atoms with E-state index in [4.69, 9.17) is 4.42 Å². The van der Waals surface area contributed by atoms with Crippen LogP contribution in [0.2, 0.25) is 0 Å². The number of aryl methyl sites for hydroxylation is 2. The number of hydrogen-bond donors (Lipinski definition) is 3. The zero-order chi connectivity index (χ0) is 21.3. The number of aromatic nitrogens is 2. The number of nitrogens with one attached hydrogen (secondary N) is 3. The standard InChI is InChI=1S/C22H26N6O2/c1-15-4-7-17(8-5-15)21-27-18(14-30-21)13-26-22(23-3)24-11-10-20(29)28-19-9-6-16(2)12-25-19/h4-9,12,14H,10-11,13H2,1-3H3,(H2,23,24,26)(H,25,28,29). The zero-order valence-corrected chi connectivity index (χ0v) is 17.4.